The van der Waals surface area contributed by atoms with Crippen molar-refractivity contribution >= 4 is 0 Å². The Kier molecular flexibility index (Phi) is 7.38. The average Bonchev–Trinajstić information content (AvgIpc) is 3.20. The largest absolute Gasteiger partial charge is 0.391 e. The van der Waals surface area contributed by atoms with Crippen molar-refractivity contribution in [2.75, 3.05) is 6.61 Å². The van der Waals surface area contributed by atoms with Gasteiger partial charge in [0.05, 0.1) is 18.8 Å². The molecule has 1 N–H and O–H groups in total. The minimum atomic E-state index is -0.371. The first-order chi connectivity index (χ1) is 17.0. The number of piperidine rings is 1. The Labute approximate surface area is 210 Å². The Morgan fingerprint density at radius 1 is 0.914 bits per heavy atom. The first kappa shape index (κ1) is 24.2. The van der Waals surface area contributed by atoms with E-state index in [1.165, 1.54) is 27.8 Å². The van der Waals surface area contributed by atoms with Gasteiger partial charge in [-0.25, -0.2) is 0 Å². The fourth-order valence-corrected chi connectivity index (χ4v) is 6.50. The summed E-state index contributed by atoms with van der Waals surface area (Å²) in [4.78, 5) is 2.64. The number of hydrogen-bond donors (Lipinski definition) is 1. The number of ether oxygens (including phenoxy) is 1. The Hall–Kier alpha value is -2.46. The van der Waals surface area contributed by atoms with Crippen LogP contribution in [0.25, 0.3) is 0 Å². The minimum Gasteiger partial charge on any atom is -0.391 e. The van der Waals surface area contributed by atoms with Gasteiger partial charge < -0.3 is 9.84 Å². The molecule has 3 aromatic rings. The van der Waals surface area contributed by atoms with Crippen molar-refractivity contribution in [2.24, 2.45) is 5.92 Å². The first-order valence-corrected chi connectivity index (χ1v) is 13.3. The summed E-state index contributed by atoms with van der Waals surface area (Å²) in [6.45, 7) is 8.33. The Morgan fingerprint density at radius 3 is 2.34 bits per heavy atom. The molecule has 5 rings (SSSR count). The molecule has 3 nitrogen and oxygen atoms in total. The number of aliphatic hydroxyl groups is 1. The van der Waals surface area contributed by atoms with Gasteiger partial charge in [-0.15, -0.1) is 0 Å². The number of hydrogen-bond acceptors (Lipinski definition) is 3. The van der Waals surface area contributed by atoms with E-state index in [0.717, 1.165) is 25.9 Å². The van der Waals surface area contributed by atoms with Gasteiger partial charge in [-0.05, 0) is 59.4 Å². The third-order valence-electron chi connectivity index (χ3n) is 8.01. The molecule has 3 aromatic carbocycles. The molecule has 184 valence electrons. The topological polar surface area (TPSA) is 32.7 Å². The zero-order chi connectivity index (χ0) is 24.4. The molecule has 1 saturated heterocycles. The molecule has 3 heteroatoms. The molecule has 1 aliphatic heterocycles. The molecule has 1 aliphatic carbocycles. The molecule has 0 spiro atoms. The number of benzene rings is 3. The van der Waals surface area contributed by atoms with E-state index in [1.807, 2.05) is 6.07 Å². The number of nitrogens with zero attached hydrogens (tertiary/aromatic N) is 1. The summed E-state index contributed by atoms with van der Waals surface area (Å²) in [7, 11) is 0. The van der Waals surface area contributed by atoms with Crippen LogP contribution in [-0.2, 0) is 17.8 Å². The lowest BCUT2D eigenvalue weighted by Crippen LogP contribution is -2.48. The third kappa shape index (κ3) is 5.09. The number of fused-ring (bicyclic) bond motifs is 1. The third-order valence-corrected chi connectivity index (χ3v) is 8.01. The summed E-state index contributed by atoms with van der Waals surface area (Å²) in [6, 6.07) is 28.6. The van der Waals surface area contributed by atoms with E-state index >= 15 is 0 Å². The van der Waals surface area contributed by atoms with E-state index in [1.54, 1.807) is 0 Å². The summed E-state index contributed by atoms with van der Waals surface area (Å²) in [5.41, 5.74) is 6.65. The molecule has 35 heavy (non-hydrogen) atoms. The van der Waals surface area contributed by atoms with Crippen molar-refractivity contribution in [3.8, 4) is 0 Å². The molecule has 0 unspecified atom stereocenters. The van der Waals surface area contributed by atoms with Crippen molar-refractivity contribution in [1.29, 1.82) is 0 Å². The second-order valence-electron chi connectivity index (χ2n) is 10.9. The smallest absolute Gasteiger partial charge is 0.0777 e. The predicted octanol–water partition coefficient (Wildman–Crippen LogP) is 6.83. The maximum atomic E-state index is 11.4. The van der Waals surface area contributed by atoms with Crippen LogP contribution in [0.4, 0.5) is 0 Å². The molecule has 0 amide bonds. The summed E-state index contributed by atoms with van der Waals surface area (Å²) >= 11 is 0. The van der Waals surface area contributed by atoms with Crippen molar-refractivity contribution < 1.29 is 9.84 Å². The standard InChI is InChI=1S/C32H39NO2/c1-22(2)28-16-10-15-27-19-30(34)32(31(27)28)33-23(3)17-25(18-29(33)26-13-8-5-9-14-26)21-35-20-24-11-6-4-7-12-24/h4-16,22-23,25,29-30,32,34H,17-21H2,1-3H3/t23-,25-,29-,30+,32+/m0/s1. The summed E-state index contributed by atoms with van der Waals surface area (Å²) in [5, 5.41) is 11.4. The van der Waals surface area contributed by atoms with E-state index in [0.29, 0.717) is 24.5 Å². The molecule has 1 heterocycles. The molecule has 5 atom stereocenters. The van der Waals surface area contributed by atoms with Gasteiger partial charge in [0.25, 0.3) is 0 Å². The van der Waals surface area contributed by atoms with Crippen LogP contribution in [-0.4, -0.2) is 28.8 Å². The molecule has 0 bridgehead atoms. The van der Waals surface area contributed by atoms with Crippen molar-refractivity contribution in [3.63, 3.8) is 0 Å². The SMILES string of the molecule is CC(C)c1cccc2c1[C@H](N1[C@@H](C)C[C@H](COCc3ccccc3)C[C@H]1c1ccccc1)[C@H](O)C2. The van der Waals surface area contributed by atoms with E-state index in [4.69, 9.17) is 4.74 Å². The van der Waals surface area contributed by atoms with Gasteiger partial charge in [0.1, 0.15) is 0 Å². The zero-order valence-corrected chi connectivity index (χ0v) is 21.3. The quantitative estimate of drug-likeness (QED) is 0.412. The second kappa shape index (κ2) is 10.7. The molecular formula is C32H39NO2. The molecule has 0 aromatic heterocycles. The monoisotopic (exact) mass is 469 g/mol. The van der Waals surface area contributed by atoms with Crippen LogP contribution in [0.1, 0.15) is 79.4 Å². The molecule has 0 saturated carbocycles. The van der Waals surface area contributed by atoms with E-state index in [-0.39, 0.29) is 18.2 Å². The van der Waals surface area contributed by atoms with E-state index < -0.39 is 0 Å². The fraction of sp³-hybridized carbons (Fsp3) is 0.438. The van der Waals surface area contributed by atoms with Crippen LogP contribution in [0.5, 0.6) is 0 Å². The summed E-state index contributed by atoms with van der Waals surface area (Å²) in [5.74, 6) is 0.931. The summed E-state index contributed by atoms with van der Waals surface area (Å²) < 4.78 is 6.21. The van der Waals surface area contributed by atoms with Gasteiger partial charge in [-0.2, -0.15) is 0 Å². The maximum absolute atomic E-state index is 11.4. The molecule has 1 fully saturated rings. The second-order valence-corrected chi connectivity index (χ2v) is 10.9. The highest BCUT2D eigenvalue weighted by Crippen LogP contribution is 2.49. The van der Waals surface area contributed by atoms with Crippen molar-refractivity contribution in [2.45, 2.75) is 76.8 Å². The Morgan fingerprint density at radius 2 is 1.63 bits per heavy atom. The number of rotatable bonds is 7. The first-order valence-electron chi connectivity index (χ1n) is 13.3. The van der Waals surface area contributed by atoms with Crippen LogP contribution in [0.2, 0.25) is 0 Å². The Balaban J connectivity index is 1.42. The maximum Gasteiger partial charge on any atom is 0.0777 e. The van der Waals surface area contributed by atoms with Crippen molar-refractivity contribution in [1.82, 2.24) is 4.90 Å². The van der Waals surface area contributed by atoms with Gasteiger partial charge >= 0.3 is 0 Å². The minimum absolute atomic E-state index is 0.0370. The fourth-order valence-electron chi connectivity index (χ4n) is 6.50. The Bertz CT molecular complexity index is 1100. The molecule has 0 radical (unpaired) electrons. The molecule has 2 aliphatic rings. The van der Waals surface area contributed by atoms with E-state index in [2.05, 4.69) is 98.5 Å². The van der Waals surface area contributed by atoms with Crippen LogP contribution < -0.4 is 0 Å². The van der Waals surface area contributed by atoms with Gasteiger partial charge in [0, 0.05) is 25.1 Å². The van der Waals surface area contributed by atoms with Gasteiger partial charge in [-0.1, -0.05) is 92.7 Å². The normalized spacial score (nSPS) is 26.7. The lowest BCUT2D eigenvalue weighted by Gasteiger charge is -2.49. The highest BCUT2D eigenvalue weighted by atomic mass is 16.5. The molecular weight excluding hydrogens is 430 g/mol. The highest BCUT2D eigenvalue weighted by Gasteiger charge is 2.45. The van der Waals surface area contributed by atoms with Crippen molar-refractivity contribution in [3.05, 3.63) is 107 Å². The summed E-state index contributed by atoms with van der Waals surface area (Å²) in [6.07, 6.45) is 2.51. The predicted molar refractivity (Wildman–Crippen MR) is 142 cm³/mol. The van der Waals surface area contributed by atoms with Crippen LogP contribution in [0, 0.1) is 5.92 Å². The zero-order valence-electron chi connectivity index (χ0n) is 21.3. The van der Waals surface area contributed by atoms with Gasteiger partial charge in [0.15, 0.2) is 0 Å². The van der Waals surface area contributed by atoms with Crippen LogP contribution in [0.3, 0.4) is 0 Å². The highest BCUT2D eigenvalue weighted by molar-refractivity contribution is 5.45. The van der Waals surface area contributed by atoms with Crippen LogP contribution in [0.15, 0.2) is 78.9 Å². The number of likely N-dealkylation sites (tertiary alicyclic amines) is 1. The lowest BCUT2D eigenvalue weighted by atomic mass is 9.81. The average molecular weight is 470 g/mol. The lowest BCUT2D eigenvalue weighted by molar-refractivity contribution is -0.0460. The van der Waals surface area contributed by atoms with Gasteiger partial charge in [-0.3, -0.25) is 4.90 Å². The van der Waals surface area contributed by atoms with Gasteiger partial charge in [0.2, 0.25) is 0 Å². The van der Waals surface area contributed by atoms with E-state index in [9.17, 15) is 5.11 Å². The number of aliphatic hydroxyl groups excluding tert-OH is 1. The van der Waals surface area contributed by atoms with Crippen LogP contribution >= 0.6 is 0 Å².